The molecular weight excluding hydrogens is 345 g/mol. The Labute approximate surface area is 146 Å². The normalized spacial score (nSPS) is 10.5. The molecule has 0 aliphatic heterocycles. The Hall–Kier alpha value is -3.13. The Morgan fingerprint density at radius 2 is 1.96 bits per heavy atom. The molecule has 1 N–H and O–H groups in total. The highest BCUT2D eigenvalue weighted by atomic mass is 32.1. The minimum absolute atomic E-state index is 0.106. The molecular formula is C17H12FN3O3S. The van der Waals surface area contributed by atoms with Gasteiger partial charge in [0.15, 0.2) is 0 Å². The minimum atomic E-state index is -0.528. The van der Waals surface area contributed by atoms with E-state index in [1.165, 1.54) is 41.7 Å². The van der Waals surface area contributed by atoms with Gasteiger partial charge in [0, 0.05) is 23.4 Å². The van der Waals surface area contributed by atoms with Crippen molar-refractivity contribution in [1.82, 2.24) is 4.98 Å². The zero-order chi connectivity index (χ0) is 18.0. The van der Waals surface area contributed by atoms with Gasteiger partial charge < -0.3 is 5.32 Å². The van der Waals surface area contributed by atoms with Gasteiger partial charge in [0.05, 0.1) is 10.6 Å². The third-order valence-electron chi connectivity index (χ3n) is 3.41. The molecule has 3 aromatic rings. The van der Waals surface area contributed by atoms with E-state index >= 15 is 0 Å². The van der Waals surface area contributed by atoms with Crippen LogP contribution in [-0.2, 0) is 0 Å². The fraction of sp³-hybridized carbons (Fsp3) is 0.0588. The topological polar surface area (TPSA) is 85.1 Å². The number of thiazole rings is 1. The van der Waals surface area contributed by atoms with Gasteiger partial charge in [0.25, 0.3) is 11.6 Å². The van der Waals surface area contributed by atoms with Crippen LogP contribution in [-0.4, -0.2) is 15.8 Å². The number of hydrogen-bond acceptors (Lipinski definition) is 5. The molecule has 0 saturated heterocycles. The summed E-state index contributed by atoms with van der Waals surface area (Å²) in [6, 6.07) is 11.5. The monoisotopic (exact) mass is 357 g/mol. The average Bonchev–Trinajstić information content (AvgIpc) is 2.97. The first-order valence-electron chi connectivity index (χ1n) is 7.23. The lowest BCUT2D eigenvalue weighted by molar-refractivity contribution is -0.384. The van der Waals surface area contributed by atoms with Crippen LogP contribution in [0, 0.1) is 22.9 Å². The van der Waals surface area contributed by atoms with E-state index in [2.05, 4.69) is 10.3 Å². The third kappa shape index (κ3) is 3.69. The first kappa shape index (κ1) is 16.7. The van der Waals surface area contributed by atoms with Crippen LogP contribution in [0.3, 0.4) is 0 Å². The third-order valence-corrected chi connectivity index (χ3v) is 4.61. The molecule has 25 heavy (non-hydrogen) atoms. The van der Waals surface area contributed by atoms with Gasteiger partial charge in [-0.15, -0.1) is 11.3 Å². The minimum Gasteiger partial charge on any atom is -0.321 e. The van der Waals surface area contributed by atoms with E-state index in [1.807, 2.05) is 0 Å². The van der Waals surface area contributed by atoms with Crippen LogP contribution < -0.4 is 5.32 Å². The summed E-state index contributed by atoms with van der Waals surface area (Å²) in [4.78, 5) is 27.5. The van der Waals surface area contributed by atoms with Crippen molar-refractivity contribution in [2.75, 3.05) is 5.32 Å². The van der Waals surface area contributed by atoms with Crippen LogP contribution >= 0.6 is 11.3 Å². The Morgan fingerprint density at radius 1 is 1.24 bits per heavy atom. The van der Waals surface area contributed by atoms with Crippen molar-refractivity contribution < 1.29 is 14.1 Å². The number of carbonyl (C=O) groups excluding carboxylic acids is 1. The molecule has 0 unspecified atom stereocenters. The van der Waals surface area contributed by atoms with Gasteiger partial charge >= 0.3 is 0 Å². The number of benzene rings is 2. The van der Waals surface area contributed by atoms with Crippen LogP contribution in [0.25, 0.3) is 10.6 Å². The smallest absolute Gasteiger partial charge is 0.271 e. The van der Waals surface area contributed by atoms with Crippen molar-refractivity contribution in [3.05, 3.63) is 75.0 Å². The number of nitro benzene ring substituents is 1. The molecule has 8 heteroatoms. The number of aromatic nitrogens is 1. The average molecular weight is 357 g/mol. The quantitative estimate of drug-likeness (QED) is 0.553. The number of rotatable bonds is 4. The number of hydrogen-bond donors (Lipinski definition) is 1. The van der Waals surface area contributed by atoms with E-state index in [4.69, 9.17) is 0 Å². The summed E-state index contributed by atoms with van der Waals surface area (Å²) in [5.74, 6) is -0.746. The van der Waals surface area contributed by atoms with Crippen LogP contribution in [0.4, 0.5) is 15.8 Å². The number of halogens is 1. The van der Waals surface area contributed by atoms with Crippen molar-refractivity contribution in [3.63, 3.8) is 0 Å². The molecule has 0 fully saturated rings. The highest BCUT2D eigenvalue weighted by Gasteiger charge is 2.17. The molecule has 6 nitrogen and oxygen atoms in total. The maximum Gasteiger partial charge on any atom is 0.271 e. The molecule has 0 atom stereocenters. The van der Waals surface area contributed by atoms with Crippen LogP contribution in [0.2, 0.25) is 0 Å². The van der Waals surface area contributed by atoms with Gasteiger partial charge in [0.2, 0.25) is 0 Å². The maximum atomic E-state index is 13.0. The molecule has 0 spiro atoms. The van der Waals surface area contributed by atoms with Gasteiger partial charge in [-0.25, -0.2) is 9.37 Å². The SMILES string of the molecule is Cc1nc(-c2ccc(F)cc2)sc1C(=O)Nc1cccc([N+](=O)[O-])c1. The number of non-ortho nitro benzene ring substituents is 1. The molecule has 126 valence electrons. The Bertz CT molecular complexity index is 954. The Kier molecular flexibility index (Phi) is 4.53. The van der Waals surface area contributed by atoms with E-state index in [1.54, 1.807) is 25.1 Å². The van der Waals surface area contributed by atoms with E-state index in [-0.39, 0.29) is 11.5 Å². The van der Waals surface area contributed by atoms with Crippen LogP contribution in [0.5, 0.6) is 0 Å². The second-order valence-electron chi connectivity index (χ2n) is 5.20. The number of carbonyl (C=O) groups is 1. The van der Waals surface area contributed by atoms with Crippen LogP contribution in [0.15, 0.2) is 48.5 Å². The largest absolute Gasteiger partial charge is 0.321 e. The lowest BCUT2D eigenvalue weighted by Crippen LogP contribution is -2.11. The zero-order valence-corrected chi connectivity index (χ0v) is 13.8. The molecule has 1 aromatic heterocycles. The summed E-state index contributed by atoms with van der Waals surface area (Å²) in [5, 5.41) is 14.0. The van der Waals surface area contributed by atoms with Crippen molar-refractivity contribution in [1.29, 1.82) is 0 Å². The van der Waals surface area contributed by atoms with E-state index in [0.29, 0.717) is 26.8 Å². The second kappa shape index (κ2) is 6.78. The molecule has 1 amide bonds. The summed E-state index contributed by atoms with van der Waals surface area (Å²) >= 11 is 1.18. The first-order chi connectivity index (χ1) is 11.9. The molecule has 0 saturated carbocycles. The Balaban J connectivity index is 1.84. The van der Waals surface area contributed by atoms with E-state index in [9.17, 15) is 19.3 Å². The lowest BCUT2D eigenvalue weighted by Gasteiger charge is -2.03. The van der Waals surface area contributed by atoms with Gasteiger partial charge in [0.1, 0.15) is 15.7 Å². The molecule has 0 aliphatic rings. The number of nitro groups is 1. The van der Waals surface area contributed by atoms with Crippen LogP contribution in [0.1, 0.15) is 15.4 Å². The number of nitrogens with one attached hydrogen (secondary N) is 1. The molecule has 3 rings (SSSR count). The molecule has 2 aromatic carbocycles. The van der Waals surface area contributed by atoms with Crippen molar-refractivity contribution >= 4 is 28.6 Å². The fourth-order valence-electron chi connectivity index (χ4n) is 2.21. The van der Waals surface area contributed by atoms with Gasteiger partial charge in [-0.2, -0.15) is 0 Å². The second-order valence-corrected chi connectivity index (χ2v) is 6.20. The van der Waals surface area contributed by atoms with Gasteiger partial charge in [-0.1, -0.05) is 6.07 Å². The number of nitrogens with zero attached hydrogens (tertiary/aromatic N) is 2. The van der Waals surface area contributed by atoms with Gasteiger partial charge in [-0.05, 0) is 37.3 Å². The maximum absolute atomic E-state index is 13.0. The van der Waals surface area contributed by atoms with E-state index < -0.39 is 10.8 Å². The highest BCUT2D eigenvalue weighted by Crippen LogP contribution is 2.29. The predicted octanol–water partition coefficient (Wildman–Crippen LogP) is 4.42. The molecule has 0 aliphatic carbocycles. The fourth-order valence-corrected chi connectivity index (χ4v) is 3.18. The van der Waals surface area contributed by atoms with Crippen molar-refractivity contribution in [3.8, 4) is 10.6 Å². The van der Waals surface area contributed by atoms with Gasteiger partial charge in [-0.3, -0.25) is 14.9 Å². The number of aryl methyl sites for hydroxylation is 1. The first-order valence-corrected chi connectivity index (χ1v) is 8.05. The summed E-state index contributed by atoms with van der Waals surface area (Å²) in [6.07, 6.45) is 0. The molecule has 0 radical (unpaired) electrons. The zero-order valence-electron chi connectivity index (χ0n) is 13.0. The molecule has 1 heterocycles. The highest BCUT2D eigenvalue weighted by molar-refractivity contribution is 7.17. The number of anilines is 1. The molecule has 0 bridgehead atoms. The summed E-state index contributed by atoms with van der Waals surface area (Å²) in [6.45, 7) is 1.70. The summed E-state index contributed by atoms with van der Waals surface area (Å²) in [5.41, 5.74) is 1.47. The Morgan fingerprint density at radius 3 is 2.64 bits per heavy atom. The van der Waals surface area contributed by atoms with Crippen molar-refractivity contribution in [2.24, 2.45) is 0 Å². The summed E-state index contributed by atoms with van der Waals surface area (Å²) in [7, 11) is 0. The van der Waals surface area contributed by atoms with Crippen molar-refractivity contribution in [2.45, 2.75) is 6.92 Å². The summed E-state index contributed by atoms with van der Waals surface area (Å²) < 4.78 is 13.0. The standard InChI is InChI=1S/C17H12FN3O3S/c1-10-15(25-17(19-10)11-5-7-12(18)8-6-11)16(22)20-13-3-2-4-14(9-13)21(23)24/h2-9H,1H3,(H,20,22). The number of amides is 1. The van der Waals surface area contributed by atoms with E-state index in [0.717, 1.165) is 0 Å². The predicted molar refractivity (Wildman–Crippen MR) is 93.3 cm³/mol. The lowest BCUT2D eigenvalue weighted by atomic mass is 10.2.